The summed E-state index contributed by atoms with van der Waals surface area (Å²) in [5, 5.41) is 5.65. The van der Waals surface area contributed by atoms with E-state index in [-0.39, 0.29) is 23.3 Å². The quantitative estimate of drug-likeness (QED) is 0.549. The number of furan rings is 1. The number of rotatable bonds is 7. The molecule has 2 amide bonds. The van der Waals surface area contributed by atoms with Crippen LogP contribution in [0.1, 0.15) is 35.9 Å². The van der Waals surface area contributed by atoms with Crippen LogP contribution in [0.4, 0.5) is 11.4 Å². The van der Waals surface area contributed by atoms with E-state index < -0.39 is 5.91 Å². The molecule has 2 aromatic carbocycles. The number of halogens is 1. The van der Waals surface area contributed by atoms with Crippen LogP contribution in [-0.2, 0) is 4.79 Å². The number of nitrogens with one attached hydrogen (secondary N) is 2. The van der Waals surface area contributed by atoms with Crippen molar-refractivity contribution in [1.29, 1.82) is 0 Å². The molecule has 3 rings (SSSR count). The van der Waals surface area contributed by atoms with Crippen LogP contribution in [0.15, 0.2) is 65.3 Å². The van der Waals surface area contributed by atoms with Crippen LogP contribution < -0.4 is 15.4 Å². The fraction of sp³-hybridized carbons (Fsp3) is 0.182. The number of carbonyl (C=O) groups is 2. The predicted octanol–water partition coefficient (Wildman–Crippen LogP) is 5.33. The highest BCUT2D eigenvalue weighted by atomic mass is 35.5. The van der Waals surface area contributed by atoms with Crippen molar-refractivity contribution in [3.63, 3.8) is 0 Å². The molecule has 0 bridgehead atoms. The van der Waals surface area contributed by atoms with Gasteiger partial charge in [0.15, 0.2) is 12.4 Å². The number of hydrogen-bond donors (Lipinski definition) is 2. The van der Waals surface area contributed by atoms with Crippen LogP contribution in [0.5, 0.6) is 5.75 Å². The minimum Gasteiger partial charge on any atom is -0.484 e. The summed E-state index contributed by atoms with van der Waals surface area (Å²) in [6, 6.07) is 15.6. The zero-order valence-corrected chi connectivity index (χ0v) is 16.8. The lowest BCUT2D eigenvalue weighted by Crippen LogP contribution is -2.20. The molecule has 29 heavy (non-hydrogen) atoms. The second kappa shape index (κ2) is 9.30. The van der Waals surface area contributed by atoms with Gasteiger partial charge in [0, 0.05) is 5.69 Å². The highest BCUT2D eigenvalue weighted by Crippen LogP contribution is 2.26. The SMILES string of the molecule is CC(C)c1ccc(OCC(=O)Nc2ccc(NC(=O)c3ccco3)c(Cl)c2)cc1. The van der Waals surface area contributed by atoms with Crippen LogP contribution in [0.2, 0.25) is 5.02 Å². The number of anilines is 2. The summed E-state index contributed by atoms with van der Waals surface area (Å²) in [6.07, 6.45) is 1.41. The molecule has 7 heteroatoms. The number of ether oxygens (including phenoxy) is 1. The van der Waals surface area contributed by atoms with E-state index in [9.17, 15) is 9.59 Å². The van der Waals surface area contributed by atoms with Crippen LogP contribution in [0, 0.1) is 0 Å². The van der Waals surface area contributed by atoms with E-state index in [1.54, 1.807) is 30.3 Å². The van der Waals surface area contributed by atoms with E-state index in [0.29, 0.717) is 23.0 Å². The van der Waals surface area contributed by atoms with E-state index in [1.165, 1.54) is 11.8 Å². The van der Waals surface area contributed by atoms with Crippen LogP contribution in [-0.4, -0.2) is 18.4 Å². The number of hydrogen-bond acceptors (Lipinski definition) is 4. The average molecular weight is 413 g/mol. The lowest BCUT2D eigenvalue weighted by molar-refractivity contribution is -0.118. The molecule has 150 valence electrons. The topological polar surface area (TPSA) is 80.6 Å². The van der Waals surface area contributed by atoms with E-state index in [1.807, 2.05) is 24.3 Å². The average Bonchev–Trinajstić information content (AvgIpc) is 3.24. The third kappa shape index (κ3) is 5.62. The molecular weight excluding hydrogens is 392 g/mol. The van der Waals surface area contributed by atoms with Gasteiger partial charge in [0.1, 0.15) is 5.75 Å². The lowest BCUT2D eigenvalue weighted by atomic mass is 10.0. The molecule has 0 atom stereocenters. The van der Waals surface area contributed by atoms with Gasteiger partial charge >= 0.3 is 0 Å². The largest absolute Gasteiger partial charge is 0.484 e. The second-order valence-corrected chi connectivity index (χ2v) is 7.09. The van der Waals surface area contributed by atoms with E-state index in [2.05, 4.69) is 24.5 Å². The van der Waals surface area contributed by atoms with Gasteiger partial charge in [-0.2, -0.15) is 0 Å². The Morgan fingerprint density at radius 1 is 1.07 bits per heavy atom. The Morgan fingerprint density at radius 3 is 2.45 bits per heavy atom. The van der Waals surface area contributed by atoms with Gasteiger partial charge in [0.25, 0.3) is 11.8 Å². The normalized spacial score (nSPS) is 10.6. The molecule has 0 spiro atoms. The minimum absolute atomic E-state index is 0.129. The molecule has 3 aromatic rings. The Labute approximate surface area is 173 Å². The predicted molar refractivity (Wildman–Crippen MR) is 113 cm³/mol. The third-order valence-electron chi connectivity index (χ3n) is 4.16. The molecular formula is C22H21ClN2O4. The standard InChI is InChI=1S/C22H21ClN2O4/c1-14(2)15-5-8-17(9-6-15)29-13-21(26)24-16-7-10-19(18(23)12-16)25-22(27)20-4-3-11-28-20/h3-12,14H,13H2,1-2H3,(H,24,26)(H,25,27). The maximum absolute atomic E-state index is 12.1. The van der Waals surface area contributed by atoms with E-state index in [0.717, 1.165) is 0 Å². The fourth-order valence-corrected chi connectivity index (χ4v) is 2.81. The first-order valence-electron chi connectivity index (χ1n) is 9.09. The maximum Gasteiger partial charge on any atom is 0.291 e. The highest BCUT2D eigenvalue weighted by Gasteiger charge is 2.12. The van der Waals surface area contributed by atoms with Gasteiger partial charge in [-0.25, -0.2) is 0 Å². The van der Waals surface area contributed by atoms with Crippen molar-refractivity contribution in [3.05, 3.63) is 77.2 Å². The van der Waals surface area contributed by atoms with Crippen LogP contribution >= 0.6 is 11.6 Å². The summed E-state index contributed by atoms with van der Waals surface area (Å²) in [5.41, 5.74) is 2.11. The Balaban J connectivity index is 1.53. The summed E-state index contributed by atoms with van der Waals surface area (Å²) in [6.45, 7) is 4.10. The summed E-state index contributed by atoms with van der Waals surface area (Å²) >= 11 is 6.20. The van der Waals surface area contributed by atoms with Crippen molar-refractivity contribution >= 4 is 34.8 Å². The number of carbonyl (C=O) groups excluding carboxylic acids is 2. The van der Waals surface area contributed by atoms with Crippen LogP contribution in [0.25, 0.3) is 0 Å². The van der Waals surface area contributed by atoms with Gasteiger partial charge in [0.2, 0.25) is 0 Å². The molecule has 1 heterocycles. The Kier molecular flexibility index (Phi) is 6.57. The molecule has 0 saturated heterocycles. The number of benzene rings is 2. The van der Waals surface area contributed by atoms with Gasteiger partial charge in [0.05, 0.1) is 17.0 Å². The second-order valence-electron chi connectivity index (χ2n) is 6.69. The van der Waals surface area contributed by atoms with Gasteiger partial charge in [-0.3, -0.25) is 9.59 Å². The highest BCUT2D eigenvalue weighted by molar-refractivity contribution is 6.34. The molecule has 6 nitrogen and oxygen atoms in total. The van der Waals surface area contributed by atoms with Crippen molar-refractivity contribution in [2.45, 2.75) is 19.8 Å². The van der Waals surface area contributed by atoms with Gasteiger partial charge < -0.3 is 19.8 Å². The third-order valence-corrected chi connectivity index (χ3v) is 4.48. The van der Waals surface area contributed by atoms with Crippen molar-refractivity contribution < 1.29 is 18.7 Å². The molecule has 0 radical (unpaired) electrons. The molecule has 0 aliphatic carbocycles. The van der Waals surface area contributed by atoms with Gasteiger partial charge in [-0.15, -0.1) is 0 Å². The first-order chi connectivity index (χ1) is 13.9. The summed E-state index contributed by atoms with van der Waals surface area (Å²) < 4.78 is 10.5. The van der Waals surface area contributed by atoms with Gasteiger partial charge in [-0.05, 0) is 53.9 Å². The lowest BCUT2D eigenvalue weighted by Gasteiger charge is -2.11. The zero-order chi connectivity index (χ0) is 20.8. The molecule has 0 unspecified atom stereocenters. The summed E-state index contributed by atoms with van der Waals surface area (Å²) in [4.78, 5) is 24.1. The minimum atomic E-state index is -0.412. The molecule has 1 aromatic heterocycles. The van der Waals surface area contributed by atoms with Crippen molar-refractivity contribution in [1.82, 2.24) is 0 Å². The Hall–Kier alpha value is -3.25. The summed E-state index contributed by atoms with van der Waals surface area (Å²) in [5.74, 6) is 0.506. The van der Waals surface area contributed by atoms with Crippen molar-refractivity contribution in [2.75, 3.05) is 17.2 Å². The number of amides is 2. The first kappa shape index (κ1) is 20.5. The van der Waals surface area contributed by atoms with Crippen molar-refractivity contribution in [3.8, 4) is 5.75 Å². The van der Waals surface area contributed by atoms with E-state index >= 15 is 0 Å². The Bertz CT molecular complexity index is 983. The molecule has 0 aliphatic heterocycles. The van der Waals surface area contributed by atoms with Crippen molar-refractivity contribution in [2.24, 2.45) is 0 Å². The Morgan fingerprint density at radius 2 is 1.83 bits per heavy atom. The first-order valence-corrected chi connectivity index (χ1v) is 9.47. The maximum atomic E-state index is 12.1. The molecule has 2 N–H and O–H groups in total. The molecule has 0 saturated carbocycles. The van der Waals surface area contributed by atoms with Crippen LogP contribution in [0.3, 0.4) is 0 Å². The van der Waals surface area contributed by atoms with Gasteiger partial charge in [-0.1, -0.05) is 37.6 Å². The monoisotopic (exact) mass is 412 g/mol. The smallest absolute Gasteiger partial charge is 0.291 e. The van der Waals surface area contributed by atoms with E-state index in [4.69, 9.17) is 20.8 Å². The zero-order valence-electron chi connectivity index (χ0n) is 16.1. The fourth-order valence-electron chi connectivity index (χ4n) is 2.58. The molecule has 0 fully saturated rings. The molecule has 0 aliphatic rings. The summed E-state index contributed by atoms with van der Waals surface area (Å²) in [7, 11) is 0.